The quantitative estimate of drug-likeness (QED) is 0.330. The van der Waals surface area contributed by atoms with Gasteiger partial charge in [-0.2, -0.15) is 4.98 Å². The van der Waals surface area contributed by atoms with Crippen LogP contribution >= 0.6 is 11.6 Å². The number of aromatic nitrogens is 3. The van der Waals surface area contributed by atoms with Crippen molar-refractivity contribution in [3.8, 4) is 11.8 Å². The van der Waals surface area contributed by atoms with Gasteiger partial charge in [-0.05, 0) is 50.0 Å². The molecule has 32 heavy (non-hydrogen) atoms. The monoisotopic (exact) mass is 458 g/mol. The highest BCUT2D eigenvalue weighted by Gasteiger charge is 2.35. The molecule has 1 saturated carbocycles. The molecule has 0 saturated heterocycles. The highest BCUT2D eigenvalue weighted by molar-refractivity contribution is 6.35. The fraction of sp³-hybridized carbons (Fsp3) is 0.273. The number of nitrogens with zero attached hydrogens (tertiary/aromatic N) is 4. The third kappa shape index (κ3) is 4.32. The summed E-state index contributed by atoms with van der Waals surface area (Å²) in [6, 6.07) is 5.19. The highest BCUT2D eigenvalue weighted by Crippen LogP contribution is 2.44. The van der Waals surface area contributed by atoms with Crippen molar-refractivity contribution < 1.29 is 13.2 Å². The predicted octanol–water partition coefficient (Wildman–Crippen LogP) is 4.71. The Morgan fingerprint density at radius 1 is 1.34 bits per heavy atom. The van der Waals surface area contributed by atoms with E-state index < -0.39 is 24.4 Å². The van der Waals surface area contributed by atoms with E-state index >= 15 is 0 Å². The molecule has 164 valence electrons. The van der Waals surface area contributed by atoms with Gasteiger partial charge in [-0.15, -0.1) is 0 Å². The minimum absolute atomic E-state index is 0.0354. The second kappa shape index (κ2) is 8.28. The molecule has 0 bridgehead atoms. The fourth-order valence-electron chi connectivity index (χ4n) is 3.27. The average Bonchev–Trinajstić information content (AvgIpc) is 3.48. The number of hydrogen-bond donors (Lipinski definition) is 2. The number of alkyl halides is 2. The van der Waals surface area contributed by atoms with E-state index in [-0.39, 0.29) is 27.2 Å². The van der Waals surface area contributed by atoms with Crippen LogP contribution in [-0.2, 0) is 0 Å². The van der Waals surface area contributed by atoms with Gasteiger partial charge in [-0.3, -0.25) is 15.4 Å². The number of pyridine rings is 1. The van der Waals surface area contributed by atoms with Crippen LogP contribution in [0.25, 0.3) is 10.9 Å². The molecule has 0 radical (unpaired) electrons. The van der Waals surface area contributed by atoms with Crippen molar-refractivity contribution in [3.05, 3.63) is 52.6 Å². The van der Waals surface area contributed by atoms with Crippen LogP contribution in [0.15, 0.2) is 30.5 Å². The molecular weight excluding hydrogens is 441 g/mol. The van der Waals surface area contributed by atoms with Crippen molar-refractivity contribution >= 4 is 40.3 Å². The van der Waals surface area contributed by atoms with Gasteiger partial charge in [-0.1, -0.05) is 17.5 Å². The molecule has 1 aromatic carbocycles. The molecule has 4 rings (SSSR count). The molecule has 0 aliphatic heterocycles. The van der Waals surface area contributed by atoms with Crippen LogP contribution in [-0.4, -0.2) is 33.8 Å². The summed E-state index contributed by atoms with van der Waals surface area (Å²) in [6.45, 7) is 1.28. The van der Waals surface area contributed by atoms with Crippen molar-refractivity contribution in [1.82, 2.24) is 14.5 Å². The lowest BCUT2D eigenvalue weighted by molar-refractivity contribution is 0.158. The van der Waals surface area contributed by atoms with Crippen molar-refractivity contribution in [1.29, 1.82) is 10.8 Å². The third-order valence-electron chi connectivity index (χ3n) is 5.20. The molecule has 6 nitrogen and oxygen atoms in total. The van der Waals surface area contributed by atoms with Crippen LogP contribution < -0.4 is 10.5 Å². The molecule has 0 atom stereocenters. The minimum Gasteiger partial charge on any atom is -0.320 e. The largest absolute Gasteiger partial charge is 0.320 e. The Kier molecular flexibility index (Phi) is 5.65. The van der Waals surface area contributed by atoms with Gasteiger partial charge in [0.1, 0.15) is 17.3 Å². The molecule has 0 amide bonds. The van der Waals surface area contributed by atoms with E-state index in [1.54, 1.807) is 6.07 Å². The Morgan fingerprint density at radius 2 is 2.09 bits per heavy atom. The highest BCUT2D eigenvalue weighted by atomic mass is 35.5. The van der Waals surface area contributed by atoms with Gasteiger partial charge in [0, 0.05) is 22.7 Å². The van der Waals surface area contributed by atoms with Gasteiger partial charge in [0.15, 0.2) is 0 Å². The van der Waals surface area contributed by atoms with E-state index in [2.05, 4.69) is 21.8 Å². The summed E-state index contributed by atoms with van der Waals surface area (Å²) in [5.74, 6) is 5.35. The van der Waals surface area contributed by atoms with Crippen molar-refractivity contribution in [2.24, 2.45) is 5.41 Å². The molecule has 3 aromatic rings. The molecule has 1 aliphatic carbocycles. The van der Waals surface area contributed by atoms with E-state index in [0.717, 1.165) is 35.9 Å². The first-order chi connectivity index (χ1) is 15.2. The predicted molar refractivity (Wildman–Crippen MR) is 116 cm³/mol. The molecule has 2 heterocycles. The van der Waals surface area contributed by atoms with Gasteiger partial charge in [0.25, 0.3) is 6.43 Å². The molecule has 0 unspecified atom stereocenters. The number of fused-ring (bicyclic) bond motifs is 1. The Hall–Kier alpha value is -3.38. The first-order valence-corrected chi connectivity index (χ1v) is 10.1. The van der Waals surface area contributed by atoms with Crippen LogP contribution in [0.1, 0.15) is 25.5 Å². The van der Waals surface area contributed by atoms with E-state index in [1.807, 2.05) is 6.92 Å². The topological polar surface area (TPSA) is 81.7 Å². The van der Waals surface area contributed by atoms with Crippen LogP contribution in [0.3, 0.4) is 0 Å². The number of nitrogens with one attached hydrogen (secondary N) is 2. The molecule has 0 spiro atoms. The zero-order valence-electron chi connectivity index (χ0n) is 17.0. The molecule has 10 heteroatoms. The summed E-state index contributed by atoms with van der Waals surface area (Å²) in [4.78, 5) is 9.48. The van der Waals surface area contributed by atoms with Gasteiger partial charge in [0.2, 0.25) is 5.62 Å². The van der Waals surface area contributed by atoms with E-state index in [1.165, 1.54) is 17.2 Å². The number of benzene rings is 1. The smallest absolute Gasteiger partial charge is 0.256 e. The number of hydrogen-bond acceptors (Lipinski definition) is 5. The molecule has 1 aliphatic rings. The zero-order chi connectivity index (χ0) is 23.0. The van der Waals surface area contributed by atoms with Crippen LogP contribution in [0.2, 0.25) is 5.02 Å². The average molecular weight is 459 g/mol. The van der Waals surface area contributed by atoms with Crippen LogP contribution in [0.5, 0.6) is 0 Å². The van der Waals surface area contributed by atoms with E-state index in [9.17, 15) is 13.2 Å². The minimum atomic E-state index is -2.76. The maximum absolute atomic E-state index is 14.2. The van der Waals surface area contributed by atoms with Gasteiger partial charge < -0.3 is 4.90 Å². The fourth-order valence-corrected chi connectivity index (χ4v) is 3.57. The summed E-state index contributed by atoms with van der Waals surface area (Å²) in [7, 11) is 0. The second-order valence-electron chi connectivity index (χ2n) is 7.75. The summed E-state index contributed by atoms with van der Waals surface area (Å²) in [5, 5.41) is 15.8. The Labute approximate surface area is 186 Å². The molecule has 2 aromatic heterocycles. The molecule has 1 fully saturated rings. The Bertz CT molecular complexity index is 1340. The lowest BCUT2D eigenvalue weighted by atomic mass is 10.1. The third-order valence-corrected chi connectivity index (χ3v) is 5.49. The van der Waals surface area contributed by atoms with Crippen molar-refractivity contribution in [3.63, 3.8) is 0 Å². The summed E-state index contributed by atoms with van der Waals surface area (Å²) in [6.07, 6.45) is 1.51. The standard InChI is InChI=1S/C22H18ClF3N6/c1-22(5-6-22)4-2-14-10-15(3-7-29-14)31(11-18(25)26)20-16-8-13(24)9-17(23)19(16)32(12-27)21(28)30-20/h3,7-10,12,18,27-28H,5-6,11H2,1H3. The van der Waals surface area contributed by atoms with E-state index in [4.69, 9.17) is 22.4 Å². The normalized spacial score (nSPS) is 14.2. The van der Waals surface area contributed by atoms with Crippen molar-refractivity contribution in [2.75, 3.05) is 11.4 Å². The molecule has 2 N–H and O–H groups in total. The van der Waals surface area contributed by atoms with Gasteiger partial charge in [0.05, 0.1) is 23.4 Å². The lowest BCUT2D eigenvalue weighted by Crippen LogP contribution is -2.31. The van der Waals surface area contributed by atoms with Gasteiger partial charge >= 0.3 is 0 Å². The first-order valence-electron chi connectivity index (χ1n) is 9.72. The lowest BCUT2D eigenvalue weighted by Gasteiger charge is -2.25. The SMILES string of the molecule is CC1(C#Cc2cc(N(CC(F)F)c3nc(=N)n(C=N)c4c(Cl)cc(F)cc34)ccn2)CC1. The van der Waals surface area contributed by atoms with Gasteiger partial charge in [-0.25, -0.2) is 18.2 Å². The van der Waals surface area contributed by atoms with Crippen molar-refractivity contribution in [2.45, 2.75) is 26.2 Å². The summed E-state index contributed by atoms with van der Waals surface area (Å²) in [5.41, 5.74) is 0.387. The first kappa shape index (κ1) is 21.8. The summed E-state index contributed by atoms with van der Waals surface area (Å²) >= 11 is 6.19. The Balaban J connectivity index is 1.93. The molecular formula is C22H18ClF3N6. The maximum Gasteiger partial charge on any atom is 0.256 e. The number of rotatable bonds is 5. The second-order valence-corrected chi connectivity index (χ2v) is 8.16. The maximum atomic E-state index is 14.2. The van der Waals surface area contributed by atoms with E-state index in [0.29, 0.717) is 11.4 Å². The van der Waals surface area contributed by atoms with Crippen LogP contribution in [0.4, 0.5) is 24.7 Å². The number of halogens is 4. The van der Waals surface area contributed by atoms with Crippen LogP contribution in [0, 0.1) is 33.9 Å². The number of anilines is 2. The summed E-state index contributed by atoms with van der Waals surface area (Å²) < 4.78 is 42.4. The Morgan fingerprint density at radius 3 is 2.75 bits per heavy atom. The zero-order valence-corrected chi connectivity index (χ0v) is 17.7.